The highest BCUT2D eigenvalue weighted by atomic mass is 35.5. The predicted octanol–water partition coefficient (Wildman–Crippen LogP) is 2.94. The fraction of sp³-hybridized carbons (Fsp3) is 0.111. The van der Waals surface area contributed by atoms with E-state index in [1.165, 1.54) is 0 Å². The summed E-state index contributed by atoms with van der Waals surface area (Å²) >= 11 is 11.7. The number of H-pyrrole nitrogens is 1. The lowest BCUT2D eigenvalue weighted by Crippen LogP contribution is -1.86. The first-order valence-corrected chi connectivity index (χ1v) is 4.67. The molecule has 0 saturated carbocycles. The minimum atomic E-state index is 0.233. The maximum Gasteiger partial charge on any atom is 0.201 e. The highest BCUT2D eigenvalue weighted by molar-refractivity contribution is 6.32. The molecule has 1 aromatic heterocycles. The zero-order chi connectivity index (χ0) is 10.1. The number of aromatic amines is 1. The van der Waals surface area contributed by atoms with Gasteiger partial charge in [-0.15, -0.1) is 0 Å². The van der Waals surface area contributed by atoms with Gasteiger partial charge in [0.25, 0.3) is 0 Å². The van der Waals surface area contributed by atoms with Crippen molar-refractivity contribution in [3.8, 4) is 6.07 Å². The summed E-state index contributed by atoms with van der Waals surface area (Å²) in [7, 11) is 0. The molecule has 1 heterocycles. The van der Waals surface area contributed by atoms with Crippen LogP contribution in [0.2, 0.25) is 10.3 Å². The van der Waals surface area contributed by atoms with Gasteiger partial charge in [0.2, 0.25) is 5.28 Å². The quantitative estimate of drug-likeness (QED) is 0.812. The number of rotatable bonds is 1. The number of fused-ring (bicyclic) bond motifs is 1. The number of halogens is 2. The number of nitriles is 1. The fourth-order valence-electron chi connectivity index (χ4n) is 1.32. The maximum absolute atomic E-state index is 8.63. The molecule has 0 fully saturated rings. The summed E-state index contributed by atoms with van der Waals surface area (Å²) in [6, 6.07) is 5.56. The van der Waals surface area contributed by atoms with Gasteiger partial charge in [-0.3, -0.25) is 0 Å². The van der Waals surface area contributed by atoms with Crippen LogP contribution in [-0.4, -0.2) is 9.97 Å². The van der Waals surface area contributed by atoms with Crippen LogP contribution in [-0.2, 0) is 6.42 Å². The predicted molar refractivity (Wildman–Crippen MR) is 55.4 cm³/mol. The molecule has 1 N–H and O–H groups in total. The van der Waals surface area contributed by atoms with Crippen LogP contribution in [0, 0.1) is 11.3 Å². The molecule has 70 valence electrons. The molecular formula is C9H5Cl2N3. The Hall–Kier alpha value is -1.24. The van der Waals surface area contributed by atoms with Gasteiger partial charge in [0.05, 0.1) is 23.5 Å². The van der Waals surface area contributed by atoms with E-state index in [1.54, 1.807) is 12.1 Å². The van der Waals surface area contributed by atoms with Gasteiger partial charge >= 0.3 is 0 Å². The summed E-state index contributed by atoms with van der Waals surface area (Å²) in [4.78, 5) is 6.94. The van der Waals surface area contributed by atoms with Gasteiger partial charge in [0.1, 0.15) is 0 Å². The van der Waals surface area contributed by atoms with Crippen molar-refractivity contribution >= 4 is 34.2 Å². The van der Waals surface area contributed by atoms with Gasteiger partial charge in [-0.1, -0.05) is 11.6 Å². The van der Waals surface area contributed by atoms with Crippen molar-refractivity contribution in [3.05, 3.63) is 28.0 Å². The Balaban J connectivity index is 2.76. The molecule has 0 aliphatic heterocycles. The van der Waals surface area contributed by atoms with Crippen LogP contribution in [0.3, 0.4) is 0 Å². The van der Waals surface area contributed by atoms with Crippen molar-refractivity contribution in [2.24, 2.45) is 0 Å². The second-order valence-electron chi connectivity index (χ2n) is 2.78. The lowest BCUT2D eigenvalue weighted by atomic mass is 10.1. The molecule has 0 unspecified atom stereocenters. The highest BCUT2D eigenvalue weighted by Crippen LogP contribution is 2.25. The first-order valence-electron chi connectivity index (χ1n) is 3.92. The van der Waals surface area contributed by atoms with Crippen molar-refractivity contribution in [1.29, 1.82) is 5.26 Å². The normalized spacial score (nSPS) is 10.4. The first-order chi connectivity index (χ1) is 6.72. The lowest BCUT2D eigenvalue weighted by molar-refractivity contribution is 1.26. The van der Waals surface area contributed by atoms with Crippen LogP contribution in [0.15, 0.2) is 12.1 Å². The van der Waals surface area contributed by atoms with E-state index in [0.29, 0.717) is 15.8 Å². The molecule has 2 rings (SSSR count). The highest BCUT2D eigenvalue weighted by Gasteiger charge is 2.09. The number of benzene rings is 1. The van der Waals surface area contributed by atoms with Crippen molar-refractivity contribution in [2.45, 2.75) is 6.42 Å². The molecule has 14 heavy (non-hydrogen) atoms. The molecule has 3 nitrogen and oxygen atoms in total. The van der Waals surface area contributed by atoms with E-state index in [9.17, 15) is 0 Å². The number of aromatic nitrogens is 2. The van der Waals surface area contributed by atoms with Crippen molar-refractivity contribution in [2.75, 3.05) is 0 Å². The minimum Gasteiger partial charge on any atom is -0.329 e. The Morgan fingerprint density at radius 3 is 2.93 bits per heavy atom. The number of nitrogens with zero attached hydrogens (tertiary/aromatic N) is 2. The third-order valence-electron chi connectivity index (χ3n) is 1.93. The average molecular weight is 226 g/mol. The lowest BCUT2D eigenvalue weighted by Gasteiger charge is -1.98. The Kier molecular flexibility index (Phi) is 2.32. The fourth-order valence-corrected chi connectivity index (χ4v) is 1.73. The molecule has 0 radical (unpaired) electrons. The number of hydrogen-bond donors (Lipinski definition) is 1. The standard InChI is InChI=1S/C9H5Cl2N3/c10-6-1-2-7-8(5(6)3-4-12)14-9(11)13-7/h1-2H,3H2,(H,13,14). The van der Waals surface area contributed by atoms with Gasteiger partial charge in [0, 0.05) is 10.6 Å². The summed E-state index contributed by atoms with van der Waals surface area (Å²) in [5.41, 5.74) is 2.18. The Bertz CT molecular complexity index is 525. The van der Waals surface area contributed by atoms with Crippen molar-refractivity contribution in [3.63, 3.8) is 0 Å². The molecule has 0 aliphatic carbocycles. The third-order valence-corrected chi connectivity index (χ3v) is 2.46. The van der Waals surface area contributed by atoms with Crippen LogP contribution in [0.1, 0.15) is 5.56 Å². The Labute approximate surface area is 90.3 Å². The minimum absolute atomic E-state index is 0.233. The van der Waals surface area contributed by atoms with E-state index >= 15 is 0 Å². The first kappa shape index (κ1) is 9.32. The molecular weight excluding hydrogens is 221 g/mol. The topological polar surface area (TPSA) is 52.5 Å². The Morgan fingerprint density at radius 2 is 2.21 bits per heavy atom. The second kappa shape index (κ2) is 3.49. The van der Waals surface area contributed by atoms with Gasteiger partial charge < -0.3 is 4.98 Å². The molecule has 0 bridgehead atoms. The van der Waals surface area contributed by atoms with Gasteiger partial charge in [0.15, 0.2) is 0 Å². The van der Waals surface area contributed by atoms with E-state index in [-0.39, 0.29) is 6.42 Å². The monoisotopic (exact) mass is 225 g/mol. The zero-order valence-electron chi connectivity index (χ0n) is 7.01. The van der Waals surface area contributed by atoms with Crippen molar-refractivity contribution in [1.82, 2.24) is 9.97 Å². The van der Waals surface area contributed by atoms with Gasteiger partial charge in [-0.05, 0) is 23.7 Å². The smallest absolute Gasteiger partial charge is 0.201 e. The summed E-state index contributed by atoms with van der Waals surface area (Å²) in [6.07, 6.45) is 0.233. The molecule has 5 heteroatoms. The molecule has 0 saturated heterocycles. The summed E-state index contributed by atoms with van der Waals surface area (Å²) < 4.78 is 0. The van der Waals surface area contributed by atoms with Crippen molar-refractivity contribution < 1.29 is 0 Å². The Morgan fingerprint density at radius 1 is 1.43 bits per heavy atom. The largest absolute Gasteiger partial charge is 0.329 e. The molecule has 2 aromatic rings. The van der Waals surface area contributed by atoms with Crippen LogP contribution in [0.4, 0.5) is 0 Å². The van der Waals surface area contributed by atoms with Crippen LogP contribution < -0.4 is 0 Å². The van der Waals surface area contributed by atoms with E-state index in [1.807, 2.05) is 6.07 Å². The van der Waals surface area contributed by atoms with E-state index in [0.717, 1.165) is 11.1 Å². The van der Waals surface area contributed by atoms with Crippen LogP contribution in [0.5, 0.6) is 0 Å². The number of hydrogen-bond acceptors (Lipinski definition) is 2. The number of nitrogens with one attached hydrogen (secondary N) is 1. The molecule has 0 spiro atoms. The summed E-state index contributed by atoms with van der Waals surface area (Å²) in [6.45, 7) is 0. The SMILES string of the molecule is N#CCc1c(Cl)ccc2[nH]c(Cl)nc12. The molecule has 1 aromatic carbocycles. The zero-order valence-corrected chi connectivity index (χ0v) is 8.52. The van der Waals surface area contributed by atoms with Crippen LogP contribution in [0.25, 0.3) is 11.0 Å². The van der Waals surface area contributed by atoms with Crippen LogP contribution >= 0.6 is 23.2 Å². The molecule has 0 amide bonds. The van der Waals surface area contributed by atoms with E-state index in [2.05, 4.69) is 9.97 Å². The number of imidazole rings is 1. The second-order valence-corrected chi connectivity index (χ2v) is 3.55. The molecule has 0 aliphatic rings. The van der Waals surface area contributed by atoms with E-state index in [4.69, 9.17) is 28.5 Å². The van der Waals surface area contributed by atoms with Gasteiger partial charge in [-0.2, -0.15) is 5.26 Å². The average Bonchev–Trinajstić information content (AvgIpc) is 2.51. The van der Waals surface area contributed by atoms with Gasteiger partial charge in [-0.25, -0.2) is 4.98 Å². The maximum atomic E-state index is 8.63. The molecule has 0 atom stereocenters. The summed E-state index contributed by atoms with van der Waals surface area (Å²) in [5.74, 6) is 0. The summed E-state index contributed by atoms with van der Waals surface area (Å²) in [5, 5.41) is 9.48. The third kappa shape index (κ3) is 1.43. The van der Waals surface area contributed by atoms with E-state index < -0.39 is 0 Å².